The number of rotatable bonds is 3. The van der Waals surface area contributed by atoms with Gasteiger partial charge in [-0.25, -0.2) is 4.90 Å². The van der Waals surface area contributed by atoms with E-state index in [1.807, 2.05) is 38.2 Å². The van der Waals surface area contributed by atoms with Crippen LogP contribution in [0.15, 0.2) is 24.3 Å². The van der Waals surface area contributed by atoms with Crippen LogP contribution in [-0.2, 0) is 9.59 Å². The van der Waals surface area contributed by atoms with Crippen molar-refractivity contribution in [2.45, 2.75) is 38.3 Å². The fourth-order valence-electron chi connectivity index (χ4n) is 3.56. The van der Waals surface area contributed by atoms with Crippen molar-refractivity contribution >= 4 is 17.5 Å². The molecule has 2 heterocycles. The Morgan fingerprint density at radius 1 is 1.09 bits per heavy atom. The van der Waals surface area contributed by atoms with Crippen molar-refractivity contribution in [2.75, 3.05) is 32.1 Å². The van der Waals surface area contributed by atoms with E-state index in [1.165, 1.54) is 4.90 Å². The molecule has 2 aliphatic rings. The molecule has 0 radical (unpaired) electrons. The zero-order valence-corrected chi connectivity index (χ0v) is 14.2. The maximum absolute atomic E-state index is 12.8. The minimum Gasteiger partial charge on any atom is -0.306 e. The Kier molecular flexibility index (Phi) is 4.50. The summed E-state index contributed by atoms with van der Waals surface area (Å²) in [6, 6.07) is 7.63. The highest BCUT2D eigenvalue weighted by Crippen LogP contribution is 2.28. The number of carbonyl (C=O) groups is 2. The molecule has 0 unspecified atom stereocenters. The number of imide groups is 1. The van der Waals surface area contributed by atoms with Gasteiger partial charge in [-0.15, -0.1) is 0 Å². The number of piperidine rings is 1. The maximum Gasteiger partial charge on any atom is 0.251 e. The molecule has 0 aromatic heterocycles. The Bertz CT molecular complexity index is 591. The van der Waals surface area contributed by atoms with E-state index in [4.69, 9.17) is 0 Å². The molecule has 1 aromatic carbocycles. The molecule has 0 aliphatic carbocycles. The summed E-state index contributed by atoms with van der Waals surface area (Å²) in [6.07, 6.45) is 2.39. The monoisotopic (exact) mass is 315 g/mol. The predicted octanol–water partition coefficient (Wildman–Crippen LogP) is 1.65. The Balaban J connectivity index is 1.74. The third-order valence-electron chi connectivity index (χ3n) is 5.17. The molecule has 124 valence electrons. The molecule has 1 aromatic rings. The summed E-state index contributed by atoms with van der Waals surface area (Å²) in [5.74, 6) is -0.177. The molecule has 1 atom stereocenters. The Morgan fingerprint density at radius 3 is 2.30 bits per heavy atom. The summed E-state index contributed by atoms with van der Waals surface area (Å²) in [4.78, 5) is 31.0. The molecule has 0 bridgehead atoms. The van der Waals surface area contributed by atoms with Gasteiger partial charge in [-0.2, -0.15) is 0 Å². The molecule has 2 saturated heterocycles. The molecule has 0 spiro atoms. The van der Waals surface area contributed by atoms with Crippen LogP contribution in [0.3, 0.4) is 0 Å². The molecule has 23 heavy (non-hydrogen) atoms. The van der Waals surface area contributed by atoms with Crippen LogP contribution in [0.1, 0.15) is 24.8 Å². The minimum atomic E-state index is -0.322. The van der Waals surface area contributed by atoms with E-state index in [-0.39, 0.29) is 24.3 Å². The normalized spacial score (nSPS) is 24.0. The number of hydrogen-bond donors (Lipinski definition) is 0. The number of anilines is 1. The summed E-state index contributed by atoms with van der Waals surface area (Å²) in [5, 5.41) is 0. The molecular formula is C18H25N3O2. The van der Waals surface area contributed by atoms with E-state index >= 15 is 0 Å². The molecule has 2 aliphatic heterocycles. The van der Waals surface area contributed by atoms with Gasteiger partial charge in [-0.05, 0) is 59.1 Å². The molecule has 2 fully saturated rings. The summed E-state index contributed by atoms with van der Waals surface area (Å²) in [7, 11) is 4.12. The second-order valence-corrected chi connectivity index (χ2v) is 6.82. The number of carbonyl (C=O) groups excluding carboxylic acids is 2. The molecule has 3 rings (SSSR count). The van der Waals surface area contributed by atoms with Crippen LogP contribution in [0.25, 0.3) is 0 Å². The SMILES string of the molecule is Cc1ccc(N2C(=O)C[C@H](N(C)C3CCN(C)CC3)C2=O)cc1. The fourth-order valence-corrected chi connectivity index (χ4v) is 3.56. The zero-order chi connectivity index (χ0) is 16.6. The summed E-state index contributed by atoms with van der Waals surface area (Å²) in [6.45, 7) is 4.09. The second kappa shape index (κ2) is 6.42. The lowest BCUT2D eigenvalue weighted by Crippen LogP contribution is -2.49. The average Bonchev–Trinajstić information content (AvgIpc) is 2.83. The number of aryl methyl sites for hydroxylation is 1. The molecule has 5 heteroatoms. The van der Waals surface area contributed by atoms with Crippen LogP contribution in [0, 0.1) is 6.92 Å². The number of nitrogens with zero attached hydrogens (tertiary/aromatic N) is 3. The number of benzene rings is 1. The number of hydrogen-bond acceptors (Lipinski definition) is 4. The smallest absolute Gasteiger partial charge is 0.251 e. The molecule has 2 amide bonds. The van der Waals surface area contributed by atoms with Gasteiger partial charge in [-0.3, -0.25) is 14.5 Å². The molecule has 5 nitrogen and oxygen atoms in total. The van der Waals surface area contributed by atoms with Gasteiger partial charge in [0.15, 0.2) is 0 Å². The predicted molar refractivity (Wildman–Crippen MR) is 90.4 cm³/mol. The van der Waals surface area contributed by atoms with Gasteiger partial charge in [-0.1, -0.05) is 17.7 Å². The van der Waals surface area contributed by atoms with E-state index in [9.17, 15) is 9.59 Å². The molecular weight excluding hydrogens is 290 g/mol. The summed E-state index contributed by atoms with van der Waals surface area (Å²) >= 11 is 0. The summed E-state index contributed by atoms with van der Waals surface area (Å²) in [5.41, 5.74) is 1.80. The van der Waals surface area contributed by atoms with Gasteiger partial charge < -0.3 is 4.90 Å². The lowest BCUT2D eigenvalue weighted by molar-refractivity contribution is -0.123. The first-order valence-corrected chi connectivity index (χ1v) is 8.31. The van der Waals surface area contributed by atoms with Gasteiger partial charge in [0, 0.05) is 6.04 Å². The standard InChI is InChI=1S/C18H25N3O2/c1-13-4-6-15(7-5-13)21-17(22)12-16(18(21)23)20(3)14-8-10-19(2)11-9-14/h4-7,14,16H,8-12H2,1-3H3/t16-/m0/s1. The topological polar surface area (TPSA) is 43.9 Å². The number of amides is 2. The van der Waals surface area contributed by atoms with Crippen LogP contribution >= 0.6 is 0 Å². The molecule has 0 N–H and O–H groups in total. The van der Waals surface area contributed by atoms with E-state index in [0.717, 1.165) is 31.5 Å². The van der Waals surface area contributed by atoms with Gasteiger partial charge in [0.25, 0.3) is 5.91 Å². The highest BCUT2D eigenvalue weighted by molar-refractivity contribution is 6.22. The van der Waals surface area contributed by atoms with Crippen molar-refractivity contribution in [1.82, 2.24) is 9.80 Å². The highest BCUT2D eigenvalue weighted by Gasteiger charge is 2.43. The first-order valence-electron chi connectivity index (χ1n) is 8.31. The van der Waals surface area contributed by atoms with Crippen molar-refractivity contribution in [3.63, 3.8) is 0 Å². The first-order chi connectivity index (χ1) is 11.0. The molecule has 0 saturated carbocycles. The van der Waals surface area contributed by atoms with Crippen molar-refractivity contribution in [1.29, 1.82) is 0 Å². The zero-order valence-electron chi connectivity index (χ0n) is 14.2. The Hall–Kier alpha value is -1.72. The van der Waals surface area contributed by atoms with Gasteiger partial charge >= 0.3 is 0 Å². The van der Waals surface area contributed by atoms with Crippen molar-refractivity contribution in [3.05, 3.63) is 29.8 Å². The van der Waals surface area contributed by atoms with Gasteiger partial charge in [0.05, 0.1) is 18.2 Å². The summed E-state index contributed by atoms with van der Waals surface area (Å²) < 4.78 is 0. The lowest BCUT2D eigenvalue weighted by Gasteiger charge is -2.37. The largest absolute Gasteiger partial charge is 0.306 e. The Labute approximate surface area is 137 Å². The lowest BCUT2D eigenvalue weighted by atomic mass is 10.0. The van der Waals surface area contributed by atoms with E-state index in [0.29, 0.717) is 11.7 Å². The minimum absolute atomic E-state index is 0.0831. The number of likely N-dealkylation sites (N-methyl/N-ethyl adjacent to an activating group) is 1. The van der Waals surface area contributed by atoms with E-state index in [2.05, 4.69) is 16.8 Å². The Morgan fingerprint density at radius 2 is 1.70 bits per heavy atom. The average molecular weight is 315 g/mol. The quantitative estimate of drug-likeness (QED) is 0.796. The highest BCUT2D eigenvalue weighted by atomic mass is 16.2. The van der Waals surface area contributed by atoms with Gasteiger partial charge in [0.1, 0.15) is 0 Å². The van der Waals surface area contributed by atoms with E-state index < -0.39 is 0 Å². The van der Waals surface area contributed by atoms with Gasteiger partial charge in [0.2, 0.25) is 5.91 Å². The maximum atomic E-state index is 12.8. The van der Waals surface area contributed by atoms with E-state index in [1.54, 1.807) is 0 Å². The third-order valence-corrected chi connectivity index (χ3v) is 5.17. The van der Waals surface area contributed by atoms with Crippen LogP contribution in [0.4, 0.5) is 5.69 Å². The second-order valence-electron chi connectivity index (χ2n) is 6.82. The first kappa shape index (κ1) is 16.1. The number of likely N-dealkylation sites (tertiary alicyclic amines) is 1. The van der Waals surface area contributed by atoms with Crippen molar-refractivity contribution < 1.29 is 9.59 Å². The van der Waals surface area contributed by atoms with Crippen molar-refractivity contribution in [2.24, 2.45) is 0 Å². The van der Waals surface area contributed by atoms with Crippen LogP contribution < -0.4 is 4.90 Å². The third kappa shape index (κ3) is 3.16. The van der Waals surface area contributed by atoms with Crippen LogP contribution in [0.2, 0.25) is 0 Å². The van der Waals surface area contributed by atoms with Crippen molar-refractivity contribution in [3.8, 4) is 0 Å². The van der Waals surface area contributed by atoms with Crippen LogP contribution in [-0.4, -0.2) is 60.9 Å². The van der Waals surface area contributed by atoms with Crippen LogP contribution in [0.5, 0.6) is 0 Å². The fraction of sp³-hybridized carbons (Fsp3) is 0.556.